The Hall–Kier alpha value is 0.668. The number of ether oxygens (including phenoxy) is 2. The molecule has 0 amide bonds. The van der Waals surface area contributed by atoms with Gasteiger partial charge in [0.05, 0.1) is 23.4 Å². The smallest absolute Gasteiger partial charge is 0.312 e. The third kappa shape index (κ3) is 5.23. The fourth-order valence-electron chi connectivity index (χ4n) is 7.42. The molecule has 0 aromatic heterocycles. The fraction of sp³-hybridized carbons (Fsp3) is 1.00. The van der Waals surface area contributed by atoms with Crippen molar-refractivity contribution < 1.29 is 21.8 Å². The molecule has 2 saturated carbocycles. The van der Waals surface area contributed by atoms with E-state index in [4.69, 9.17) is 21.8 Å². The highest BCUT2D eigenvalue weighted by molar-refractivity contribution is 6.90. The largest absolute Gasteiger partial charge is 0.436 e. The summed E-state index contributed by atoms with van der Waals surface area (Å²) in [6.07, 6.45) is 11.0. The Labute approximate surface area is 207 Å². The molecule has 0 radical (unpaired) electrons. The Bertz CT molecular complexity index is 684. The maximum absolute atomic E-state index is 7.01. The minimum absolute atomic E-state index is 0.0896. The van der Waals surface area contributed by atoms with E-state index in [9.17, 15) is 0 Å². The van der Waals surface area contributed by atoms with Crippen LogP contribution in [0.2, 0.25) is 63.5 Å². The van der Waals surface area contributed by atoms with Crippen molar-refractivity contribution in [2.24, 2.45) is 0 Å². The van der Waals surface area contributed by atoms with E-state index in [1.54, 1.807) is 0 Å². The topological polar surface area (TPSA) is 52.8 Å². The summed E-state index contributed by atoms with van der Waals surface area (Å²) in [7, 11) is -8.73. The van der Waals surface area contributed by atoms with E-state index < -0.39 is 33.8 Å². The van der Waals surface area contributed by atoms with Crippen LogP contribution in [-0.2, 0) is 21.8 Å². The monoisotopic (exact) mass is 530 g/mol. The molecule has 0 bridgehead atoms. The van der Waals surface area contributed by atoms with Gasteiger partial charge in [0.25, 0.3) is 0 Å². The van der Waals surface area contributed by atoms with Crippen LogP contribution in [0.5, 0.6) is 0 Å². The first-order valence-electron chi connectivity index (χ1n) is 13.5. The van der Waals surface area contributed by atoms with Gasteiger partial charge in [-0.2, -0.15) is 0 Å². The van der Waals surface area contributed by atoms with E-state index in [0.29, 0.717) is 23.3 Å². The SMILES string of the molecule is CC(C12CCCCC1O2)[Si](C)(C)O[Si](C)(C)O[Si](C)(C)O[Si](C)(C)C(C)C12CCCCC1O2. The molecular formula is C24H50O5Si4. The van der Waals surface area contributed by atoms with Crippen molar-refractivity contribution in [3.63, 3.8) is 0 Å². The average Bonchev–Trinajstić information content (AvgIpc) is 3.56. The molecule has 0 aromatic rings. The second-order valence-electron chi connectivity index (χ2n) is 13.4. The van der Waals surface area contributed by atoms with E-state index in [0.717, 1.165) is 0 Å². The lowest BCUT2D eigenvalue weighted by Crippen LogP contribution is -2.59. The van der Waals surface area contributed by atoms with Gasteiger partial charge in [0.15, 0.2) is 16.6 Å². The molecule has 4 aliphatic rings. The van der Waals surface area contributed by atoms with Crippen LogP contribution in [0.25, 0.3) is 0 Å². The molecule has 2 saturated heterocycles. The standard InChI is InChI=1S/C24H50O5Si4/c1-19(23-17-13-11-15-21(23)25-23)30(3,4)27-32(7,8)29-33(9,10)28-31(5,6)20(2)24-18-14-12-16-22(24)26-24/h19-22H,11-18H2,1-10H3. The maximum atomic E-state index is 7.01. The first-order valence-corrected chi connectivity index (χ1v) is 25.1. The van der Waals surface area contributed by atoms with Gasteiger partial charge in [-0.1, -0.05) is 39.5 Å². The second-order valence-corrected chi connectivity index (χ2v) is 29.6. The van der Waals surface area contributed by atoms with Gasteiger partial charge >= 0.3 is 17.1 Å². The van der Waals surface area contributed by atoms with Crippen LogP contribution in [-0.4, -0.2) is 57.2 Å². The molecule has 6 unspecified atom stereocenters. The zero-order chi connectivity index (χ0) is 24.5. The predicted molar refractivity (Wildman–Crippen MR) is 144 cm³/mol. The first kappa shape index (κ1) is 26.7. The molecule has 5 nitrogen and oxygen atoms in total. The van der Waals surface area contributed by atoms with Crippen molar-refractivity contribution in [2.45, 2.75) is 152 Å². The van der Waals surface area contributed by atoms with Crippen LogP contribution in [0.4, 0.5) is 0 Å². The molecule has 2 aliphatic carbocycles. The van der Waals surface area contributed by atoms with Crippen molar-refractivity contribution in [1.29, 1.82) is 0 Å². The van der Waals surface area contributed by atoms with Gasteiger partial charge in [0.1, 0.15) is 0 Å². The lowest BCUT2D eigenvalue weighted by Gasteiger charge is -2.45. The number of hydrogen-bond donors (Lipinski definition) is 0. The number of epoxide rings is 2. The van der Waals surface area contributed by atoms with E-state index in [1.807, 2.05) is 0 Å². The normalized spacial score (nSPS) is 36.5. The van der Waals surface area contributed by atoms with E-state index in [-0.39, 0.29) is 11.2 Å². The van der Waals surface area contributed by atoms with E-state index in [1.165, 1.54) is 51.4 Å². The fourth-order valence-corrected chi connectivity index (χ4v) is 27.9. The number of fused-ring (bicyclic) bond motifs is 2. The van der Waals surface area contributed by atoms with Gasteiger partial charge in [0, 0.05) is 11.1 Å². The minimum atomic E-state index is -2.36. The van der Waals surface area contributed by atoms with Gasteiger partial charge in [-0.05, 0) is 78.1 Å². The Morgan fingerprint density at radius 3 is 1.30 bits per heavy atom. The Balaban J connectivity index is 1.38. The van der Waals surface area contributed by atoms with Crippen LogP contribution in [0, 0.1) is 0 Å². The highest BCUT2D eigenvalue weighted by Crippen LogP contribution is 2.59. The minimum Gasteiger partial charge on any atom is -0.436 e. The molecule has 9 heteroatoms. The molecule has 2 aliphatic heterocycles. The zero-order valence-corrected chi connectivity index (χ0v) is 27.0. The highest BCUT2D eigenvalue weighted by atomic mass is 28.5. The maximum Gasteiger partial charge on any atom is 0.312 e. The lowest BCUT2D eigenvalue weighted by molar-refractivity contribution is 0.255. The Kier molecular flexibility index (Phi) is 6.98. The molecule has 0 aromatic carbocycles. The molecule has 0 N–H and O–H groups in total. The van der Waals surface area contributed by atoms with Crippen molar-refractivity contribution >= 4 is 33.8 Å². The summed E-state index contributed by atoms with van der Waals surface area (Å²) in [5.74, 6) is 0. The Morgan fingerprint density at radius 2 is 0.970 bits per heavy atom. The summed E-state index contributed by atoms with van der Waals surface area (Å²) < 4.78 is 33.5. The summed E-state index contributed by atoms with van der Waals surface area (Å²) in [5.41, 5.74) is 1.15. The Morgan fingerprint density at radius 1 is 0.606 bits per heavy atom. The van der Waals surface area contributed by atoms with Crippen molar-refractivity contribution in [3.05, 3.63) is 0 Å². The molecular weight excluding hydrogens is 481 g/mol. The van der Waals surface area contributed by atoms with Gasteiger partial charge in [-0.15, -0.1) is 0 Å². The highest BCUT2D eigenvalue weighted by Gasteiger charge is 2.66. The number of hydrogen-bond acceptors (Lipinski definition) is 5. The molecule has 4 rings (SSSR count). The van der Waals surface area contributed by atoms with Crippen LogP contribution in [0.1, 0.15) is 65.2 Å². The molecule has 33 heavy (non-hydrogen) atoms. The lowest BCUT2D eigenvalue weighted by atomic mass is 9.87. The third-order valence-electron chi connectivity index (χ3n) is 9.33. The summed E-state index contributed by atoms with van der Waals surface area (Å²) >= 11 is 0. The van der Waals surface area contributed by atoms with Crippen LogP contribution in [0.15, 0.2) is 0 Å². The molecule has 0 spiro atoms. The zero-order valence-electron chi connectivity index (χ0n) is 23.0. The summed E-state index contributed by atoms with van der Waals surface area (Å²) in [6, 6.07) is 0. The van der Waals surface area contributed by atoms with E-state index >= 15 is 0 Å². The average molecular weight is 531 g/mol. The van der Waals surface area contributed by atoms with Gasteiger partial charge in [-0.25, -0.2) is 0 Å². The van der Waals surface area contributed by atoms with Gasteiger partial charge in [-0.3, -0.25) is 0 Å². The van der Waals surface area contributed by atoms with Crippen LogP contribution < -0.4 is 0 Å². The predicted octanol–water partition coefficient (Wildman–Crippen LogP) is 7.05. The molecule has 6 atom stereocenters. The molecule has 2 heterocycles. The summed E-state index contributed by atoms with van der Waals surface area (Å²) in [5, 5.41) is 0. The second kappa shape index (κ2) is 8.61. The summed E-state index contributed by atoms with van der Waals surface area (Å²) in [4.78, 5) is 0. The van der Waals surface area contributed by atoms with Crippen LogP contribution >= 0.6 is 0 Å². The third-order valence-corrected chi connectivity index (χ3v) is 26.5. The first-order chi connectivity index (χ1) is 15.1. The molecule has 4 fully saturated rings. The summed E-state index contributed by atoms with van der Waals surface area (Å²) in [6.45, 7) is 23.2. The van der Waals surface area contributed by atoms with E-state index in [2.05, 4.69) is 66.2 Å². The molecule has 192 valence electrons. The van der Waals surface area contributed by atoms with Crippen molar-refractivity contribution in [2.75, 3.05) is 0 Å². The van der Waals surface area contributed by atoms with Crippen LogP contribution in [0.3, 0.4) is 0 Å². The van der Waals surface area contributed by atoms with Crippen molar-refractivity contribution in [3.8, 4) is 0 Å². The van der Waals surface area contributed by atoms with Gasteiger partial charge < -0.3 is 21.8 Å². The number of rotatable bonds is 10. The quantitative estimate of drug-likeness (QED) is 0.224. The van der Waals surface area contributed by atoms with Gasteiger partial charge in [0.2, 0.25) is 0 Å². The van der Waals surface area contributed by atoms with Crippen molar-refractivity contribution in [1.82, 2.24) is 0 Å².